The van der Waals surface area contributed by atoms with Crippen LogP contribution in [0.1, 0.15) is 26.3 Å². The van der Waals surface area contributed by atoms with Crippen LogP contribution in [0.25, 0.3) is 5.69 Å². The standard InChI is InChI=1S/C19H18N4O3/c1-26-19(25)16-12-22-23(17(16)20)15-9-7-14(8-10-15)18(24)21-11-13-5-3-2-4-6-13/h2-10,12H,11,20H2,1H3,(H,21,24). The first-order valence-electron chi connectivity index (χ1n) is 7.94. The van der Waals surface area contributed by atoms with Gasteiger partial charge in [-0.1, -0.05) is 30.3 Å². The molecule has 0 aliphatic rings. The first-order valence-corrected chi connectivity index (χ1v) is 7.94. The van der Waals surface area contributed by atoms with Crippen LogP contribution < -0.4 is 11.1 Å². The molecule has 0 fully saturated rings. The first kappa shape index (κ1) is 17.2. The van der Waals surface area contributed by atoms with Gasteiger partial charge in [-0.25, -0.2) is 9.48 Å². The number of hydrogen-bond acceptors (Lipinski definition) is 5. The predicted molar refractivity (Wildman–Crippen MR) is 96.9 cm³/mol. The third kappa shape index (κ3) is 3.56. The number of benzene rings is 2. The summed E-state index contributed by atoms with van der Waals surface area (Å²) in [6, 6.07) is 16.4. The molecule has 26 heavy (non-hydrogen) atoms. The quantitative estimate of drug-likeness (QED) is 0.687. The number of carbonyl (C=O) groups excluding carboxylic acids is 2. The number of amides is 1. The molecule has 7 nitrogen and oxygen atoms in total. The molecule has 1 aromatic heterocycles. The van der Waals surface area contributed by atoms with E-state index in [-0.39, 0.29) is 17.3 Å². The Morgan fingerprint density at radius 3 is 2.46 bits per heavy atom. The average Bonchev–Trinajstić information content (AvgIpc) is 3.08. The van der Waals surface area contributed by atoms with Crippen LogP contribution in [0.4, 0.5) is 5.82 Å². The fraction of sp³-hybridized carbons (Fsp3) is 0.105. The number of hydrogen-bond donors (Lipinski definition) is 2. The van der Waals surface area contributed by atoms with E-state index in [9.17, 15) is 9.59 Å². The predicted octanol–water partition coefficient (Wildman–Crippen LogP) is 2.17. The van der Waals surface area contributed by atoms with E-state index in [2.05, 4.69) is 15.2 Å². The molecule has 3 N–H and O–H groups in total. The van der Waals surface area contributed by atoms with Crippen LogP contribution in [0, 0.1) is 0 Å². The molecule has 0 saturated carbocycles. The number of nitrogens with two attached hydrogens (primary N) is 1. The number of methoxy groups -OCH3 is 1. The lowest BCUT2D eigenvalue weighted by molar-refractivity contribution is 0.0602. The highest BCUT2D eigenvalue weighted by Gasteiger charge is 2.16. The van der Waals surface area contributed by atoms with E-state index in [1.54, 1.807) is 24.3 Å². The van der Waals surface area contributed by atoms with Crippen LogP contribution in [0.2, 0.25) is 0 Å². The zero-order valence-corrected chi connectivity index (χ0v) is 14.2. The minimum atomic E-state index is -0.550. The number of anilines is 1. The molecule has 0 saturated heterocycles. The lowest BCUT2D eigenvalue weighted by Gasteiger charge is -2.08. The number of rotatable bonds is 5. The molecule has 0 radical (unpaired) electrons. The highest BCUT2D eigenvalue weighted by atomic mass is 16.5. The summed E-state index contributed by atoms with van der Waals surface area (Å²) in [6.45, 7) is 0.454. The van der Waals surface area contributed by atoms with Crippen molar-refractivity contribution in [1.29, 1.82) is 0 Å². The Morgan fingerprint density at radius 2 is 1.81 bits per heavy atom. The summed E-state index contributed by atoms with van der Waals surface area (Å²) in [4.78, 5) is 23.8. The molecule has 3 aromatic rings. The van der Waals surface area contributed by atoms with Crippen LogP contribution >= 0.6 is 0 Å². The summed E-state index contributed by atoms with van der Waals surface area (Å²) in [5.74, 6) is -0.548. The summed E-state index contributed by atoms with van der Waals surface area (Å²) in [5.41, 5.74) is 8.31. The molecule has 0 aliphatic heterocycles. The van der Waals surface area contributed by atoms with Crippen molar-refractivity contribution in [3.8, 4) is 5.69 Å². The van der Waals surface area contributed by atoms with Crippen LogP contribution in [-0.2, 0) is 11.3 Å². The Labute approximate surface area is 150 Å². The zero-order chi connectivity index (χ0) is 18.5. The van der Waals surface area contributed by atoms with Crippen molar-refractivity contribution in [2.24, 2.45) is 0 Å². The smallest absolute Gasteiger partial charge is 0.343 e. The maximum atomic E-state index is 12.2. The summed E-state index contributed by atoms with van der Waals surface area (Å²) in [6.07, 6.45) is 1.35. The molecule has 2 aromatic carbocycles. The number of esters is 1. The van der Waals surface area contributed by atoms with Crippen molar-refractivity contribution in [2.75, 3.05) is 12.8 Å². The SMILES string of the molecule is COC(=O)c1cnn(-c2ccc(C(=O)NCc3ccccc3)cc2)c1N. The van der Waals surface area contributed by atoms with Crippen LogP contribution in [0.5, 0.6) is 0 Å². The molecule has 0 unspecified atom stereocenters. The minimum absolute atomic E-state index is 0.177. The van der Waals surface area contributed by atoms with Gasteiger partial charge in [0.05, 0.1) is 19.0 Å². The van der Waals surface area contributed by atoms with E-state index in [1.807, 2.05) is 30.3 Å². The third-order valence-electron chi connectivity index (χ3n) is 3.88. The highest BCUT2D eigenvalue weighted by Crippen LogP contribution is 2.18. The molecule has 0 bridgehead atoms. The summed E-state index contributed by atoms with van der Waals surface area (Å²) in [7, 11) is 1.28. The van der Waals surface area contributed by atoms with Gasteiger partial charge in [0.25, 0.3) is 5.91 Å². The van der Waals surface area contributed by atoms with Crippen molar-refractivity contribution in [3.05, 3.63) is 77.5 Å². The van der Waals surface area contributed by atoms with Crippen LogP contribution in [-0.4, -0.2) is 28.8 Å². The number of nitrogen functional groups attached to an aromatic ring is 1. The Morgan fingerprint density at radius 1 is 1.12 bits per heavy atom. The van der Waals surface area contributed by atoms with E-state index in [0.29, 0.717) is 17.8 Å². The van der Waals surface area contributed by atoms with Gasteiger partial charge in [-0.3, -0.25) is 4.79 Å². The fourth-order valence-electron chi connectivity index (χ4n) is 2.47. The van der Waals surface area contributed by atoms with Crippen molar-refractivity contribution >= 4 is 17.7 Å². The van der Waals surface area contributed by atoms with Crippen molar-refractivity contribution < 1.29 is 14.3 Å². The molecule has 1 heterocycles. The highest BCUT2D eigenvalue weighted by molar-refractivity contribution is 5.95. The Hall–Kier alpha value is -3.61. The molecule has 7 heteroatoms. The van der Waals surface area contributed by atoms with Crippen molar-refractivity contribution in [2.45, 2.75) is 6.54 Å². The lowest BCUT2D eigenvalue weighted by Crippen LogP contribution is -2.22. The number of nitrogens with zero attached hydrogens (tertiary/aromatic N) is 2. The minimum Gasteiger partial charge on any atom is -0.465 e. The second-order valence-corrected chi connectivity index (χ2v) is 5.56. The molecular formula is C19H18N4O3. The number of carbonyl (C=O) groups is 2. The number of nitrogens with one attached hydrogen (secondary N) is 1. The van der Waals surface area contributed by atoms with E-state index in [4.69, 9.17) is 5.73 Å². The Kier molecular flexibility index (Phi) is 4.98. The first-order chi connectivity index (χ1) is 12.6. The lowest BCUT2D eigenvalue weighted by atomic mass is 10.1. The largest absolute Gasteiger partial charge is 0.465 e. The number of aromatic nitrogens is 2. The molecule has 1 amide bonds. The number of ether oxygens (including phenoxy) is 1. The normalized spacial score (nSPS) is 10.3. The van der Waals surface area contributed by atoms with E-state index < -0.39 is 5.97 Å². The average molecular weight is 350 g/mol. The monoisotopic (exact) mass is 350 g/mol. The maximum Gasteiger partial charge on any atom is 0.343 e. The van der Waals surface area contributed by atoms with Crippen LogP contribution in [0.3, 0.4) is 0 Å². The summed E-state index contributed by atoms with van der Waals surface area (Å²) < 4.78 is 6.07. The van der Waals surface area contributed by atoms with Gasteiger partial charge >= 0.3 is 5.97 Å². The summed E-state index contributed by atoms with van der Waals surface area (Å²) in [5, 5.41) is 6.96. The topological polar surface area (TPSA) is 99.2 Å². The van der Waals surface area contributed by atoms with Gasteiger partial charge in [0.15, 0.2) is 0 Å². The van der Waals surface area contributed by atoms with Gasteiger partial charge in [0, 0.05) is 12.1 Å². The molecule has 3 rings (SSSR count). The molecule has 0 aliphatic carbocycles. The molecular weight excluding hydrogens is 332 g/mol. The second-order valence-electron chi connectivity index (χ2n) is 5.56. The maximum absolute atomic E-state index is 12.2. The van der Waals surface area contributed by atoms with Gasteiger partial charge < -0.3 is 15.8 Å². The second kappa shape index (κ2) is 7.52. The van der Waals surface area contributed by atoms with Gasteiger partial charge in [-0.05, 0) is 29.8 Å². The molecule has 0 atom stereocenters. The third-order valence-corrected chi connectivity index (χ3v) is 3.88. The molecule has 132 valence electrons. The Balaban J connectivity index is 1.71. The van der Waals surface area contributed by atoms with E-state index in [0.717, 1.165) is 5.56 Å². The van der Waals surface area contributed by atoms with E-state index >= 15 is 0 Å². The zero-order valence-electron chi connectivity index (χ0n) is 14.2. The summed E-state index contributed by atoms with van der Waals surface area (Å²) >= 11 is 0. The van der Waals surface area contributed by atoms with Gasteiger partial charge in [0.1, 0.15) is 11.4 Å². The van der Waals surface area contributed by atoms with Gasteiger partial charge in [0.2, 0.25) is 0 Å². The molecule has 0 spiro atoms. The Bertz CT molecular complexity index is 918. The fourth-order valence-corrected chi connectivity index (χ4v) is 2.47. The van der Waals surface area contributed by atoms with Crippen LogP contribution in [0.15, 0.2) is 60.8 Å². The van der Waals surface area contributed by atoms with Crippen molar-refractivity contribution in [3.63, 3.8) is 0 Å². The van der Waals surface area contributed by atoms with Gasteiger partial charge in [-0.2, -0.15) is 5.10 Å². The van der Waals surface area contributed by atoms with Crippen molar-refractivity contribution in [1.82, 2.24) is 15.1 Å². The van der Waals surface area contributed by atoms with E-state index in [1.165, 1.54) is 18.0 Å². The van der Waals surface area contributed by atoms with Gasteiger partial charge in [-0.15, -0.1) is 0 Å².